The molecule has 7 rings (SSSR count). The van der Waals surface area contributed by atoms with Gasteiger partial charge in [-0.15, -0.1) is 0 Å². The summed E-state index contributed by atoms with van der Waals surface area (Å²) in [6, 6.07) is 13.2. The van der Waals surface area contributed by atoms with Gasteiger partial charge in [0.2, 0.25) is 5.95 Å². The van der Waals surface area contributed by atoms with Crippen molar-refractivity contribution >= 4 is 41.4 Å². The summed E-state index contributed by atoms with van der Waals surface area (Å²) in [6.07, 6.45) is 10.1. The Balaban J connectivity index is 0.00000172. The summed E-state index contributed by atoms with van der Waals surface area (Å²) in [6.45, 7) is 11.4. The highest BCUT2D eigenvalue weighted by atomic mass is 19.1. The second kappa shape index (κ2) is 18.5. The van der Waals surface area contributed by atoms with E-state index in [-0.39, 0.29) is 18.4 Å². The second-order valence-electron chi connectivity index (χ2n) is 16.1. The standard InChI is InChI=1S/C41H51FN8O3.C2H7N/c1-41(2,42)28-48-14-12-30(35-7-3-4-8-37(35)43)21-38(48)32-22-44-40(45-23-32)49-24-29(25-49)11-13-46-15-17-47(18-16-46)33-9-10-36-31(20-33)26-50(39(36)53)34(27-52)6-5-19-51;1-3-2/h3-4,7-10,19-23,27,29,34,38H,5-6,11-18,24-26,28,43H2,1-2H3;3H,1-2H3. The molecular formula is C43H58FN9O3. The third kappa shape index (κ3) is 9.80. The minimum atomic E-state index is -1.33. The predicted molar refractivity (Wildman–Crippen MR) is 220 cm³/mol. The van der Waals surface area contributed by atoms with Gasteiger partial charge in [-0.25, -0.2) is 14.4 Å². The number of para-hydroxylation sites is 1. The number of benzene rings is 2. The Labute approximate surface area is 330 Å². The Morgan fingerprint density at radius 3 is 2.36 bits per heavy atom. The van der Waals surface area contributed by atoms with Crippen molar-refractivity contribution in [2.75, 3.05) is 88.5 Å². The van der Waals surface area contributed by atoms with E-state index in [1.807, 2.05) is 56.8 Å². The number of fused-ring (bicyclic) bond motifs is 1. The SMILES string of the molecule is CC(C)(F)CN1CCC(c2ccccc2N)=CC1c1cnc(N2CC(CCN3CCN(c4ccc5c(c4)CN(C(C=O)CCC=O)C5=O)CC3)C2)nc1.CNC. The molecule has 0 spiro atoms. The fourth-order valence-electron chi connectivity index (χ4n) is 8.25. The molecule has 2 unspecified atom stereocenters. The smallest absolute Gasteiger partial charge is 0.255 e. The summed E-state index contributed by atoms with van der Waals surface area (Å²) in [5, 5.41) is 2.75. The molecule has 12 nitrogen and oxygen atoms in total. The fraction of sp³-hybridized carbons (Fsp3) is 0.512. The molecule has 0 saturated carbocycles. The van der Waals surface area contributed by atoms with Gasteiger partial charge in [0.05, 0.1) is 12.1 Å². The average Bonchev–Trinajstić information content (AvgIpc) is 3.50. The lowest BCUT2D eigenvalue weighted by molar-refractivity contribution is -0.112. The highest BCUT2D eigenvalue weighted by Gasteiger charge is 2.34. The number of nitrogens with zero attached hydrogens (tertiary/aromatic N) is 7. The molecule has 2 atom stereocenters. The Bertz CT molecular complexity index is 1830. The maximum Gasteiger partial charge on any atom is 0.255 e. The van der Waals surface area contributed by atoms with Crippen molar-refractivity contribution in [3.8, 4) is 0 Å². The van der Waals surface area contributed by atoms with Crippen LogP contribution in [0, 0.1) is 5.92 Å². The number of hydrogen-bond acceptors (Lipinski definition) is 11. The van der Waals surface area contributed by atoms with Crippen LogP contribution in [0.2, 0.25) is 0 Å². The number of hydrogen-bond donors (Lipinski definition) is 2. The van der Waals surface area contributed by atoms with Gasteiger partial charge in [0.1, 0.15) is 18.2 Å². The molecule has 2 aromatic carbocycles. The van der Waals surface area contributed by atoms with Crippen LogP contribution in [0.1, 0.15) is 72.6 Å². The van der Waals surface area contributed by atoms with E-state index in [9.17, 15) is 18.8 Å². The predicted octanol–water partition coefficient (Wildman–Crippen LogP) is 4.62. The molecule has 0 radical (unpaired) electrons. The van der Waals surface area contributed by atoms with Gasteiger partial charge in [0.25, 0.3) is 5.91 Å². The Kier molecular flexibility index (Phi) is 13.5. The van der Waals surface area contributed by atoms with Crippen molar-refractivity contribution in [3.05, 3.63) is 83.2 Å². The van der Waals surface area contributed by atoms with E-state index in [0.29, 0.717) is 31.0 Å². The number of rotatable bonds is 14. The van der Waals surface area contributed by atoms with Crippen LogP contribution in [-0.4, -0.2) is 128 Å². The van der Waals surface area contributed by atoms with Crippen molar-refractivity contribution in [1.29, 1.82) is 0 Å². The van der Waals surface area contributed by atoms with Gasteiger partial charge >= 0.3 is 0 Å². The summed E-state index contributed by atoms with van der Waals surface area (Å²) in [5.41, 5.74) is 11.6. The van der Waals surface area contributed by atoms with Crippen LogP contribution in [-0.2, 0) is 16.1 Å². The van der Waals surface area contributed by atoms with E-state index in [2.05, 4.69) is 43.1 Å². The number of piperazine rings is 1. The van der Waals surface area contributed by atoms with E-state index in [1.165, 1.54) is 5.57 Å². The molecule has 1 amide bonds. The third-order valence-electron chi connectivity index (χ3n) is 11.2. The number of halogens is 1. The number of carbonyl (C=O) groups is 3. The summed E-state index contributed by atoms with van der Waals surface area (Å²) in [4.78, 5) is 55.9. The summed E-state index contributed by atoms with van der Waals surface area (Å²) in [7, 11) is 3.75. The van der Waals surface area contributed by atoms with Gasteiger partial charge in [-0.3, -0.25) is 14.6 Å². The zero-order valence-corrected chi connectivity index (χ0v) is 33.4. The van der Waals surface area contributed by atoms with Gasteiger partial charge < -0.3 is 35.3 Å². The average molecular weight is 768 g/mol. The van der Waals surface area contributed by atoms with Crippen LogP contribution in [0.5, 0.6) is 0 Å². The number of aromatic nitrogens is 2. The maximum atomic E-state index is 14.8. The lowest BCUT2D eigenvalue weighted by Crippen LogP contribution is -2.50. The first-order valence-corrected chi connectivity index (χ1v) is 20.0. The minimum absolute atomic E-state index is 0.134. The van der Waals surface area contributed by atoms with Crippen LogP contribution < -0.4 is 20.9 Å². The third-order valence-corrected chi connectivity index (χ3v) is 11.2. The topological polar surface area (TPSA) is 131 Å². The number of alkyl halides is 1. The summed E-state index contributed by atoms with van der Waals surface area (Å²) < 4.78 is 14.8. The Morgan fingerprint density at radius 1 is 0.982 bits per heavy atom. The fourth-order valence-corrected chi connectivity index (χ4v) is 8.25. The largest absolute Gasteiger partial charge is 0.398 e. The lowest BCUT2D eigenvalue weighted by atomic mass is 9.91. The highest BCUT2D eigenvalue weighted by molar-refractivity contribution is 6.00. The number of aldehydes is 2. The first-order chi connectivity index (χ1) is 27.0. The zero-order valence-electron chi connectivity index (χ0n) is 33.4. The maximum absolute atomic E-state index is 14.8. The number of nitrogens with one attached hydrogen (secondary N) is 1. The molecule has 300 valence electrons. The van der Waals surface area contributed by atoms with Gasteiger partial charge in [0, 0.05) is 106 Å². The van der Waals surface area contributed by atoms with Gasteiger partial charge in [-0.1, -0.05) is 24.3 Å². The van der Waals surface area contributed by atoms with Crippen molar-refractivity contribution in [1.82, 2.24) is 30.0 Å². The molecule has 5 heterocycles. The van der Waals surface area contributed by atoms with Crippen LogP contribution in [0.4, 0.5) is 21.7 Å². The zero-order chi connectivity index (χ0) is 39.8. The molecular weight excluding hydrogens is 710 g/mol. The molecule has 0 bridgehead atoms. The van der Waals surface area contributed by atoms with Gasteiger partial charge in [0.15, 0.2) is 0 Å². The number of nitrogens with two attached hydrogens (primary N) is 1. The monoisotopic (exact) mass is 767 g/mol. The molecule has 4 aliphatic rings. The molecule has 2 saturated heterocycles. The molecule has 56 heavy (non-hydrogen) atoms. The molecule has 0 aliphatic carbocycles. The molecule has 13 heteroatoms. The normalized spacial score (nSPS) is 19.8. The van der Waals surface area contributed by atoms with Crippen LogP contribution in [0.3, 0.4) is 0 Å². The van der Waals surface area contributed by atoms with E-state index in [4.69, 9.17) is 15.7 Å². The Hall–Kier alpha value is -4.72. The number of nitrogen functional groups attached to an aromatic ring is 1. The van der Waals surface area contributed by atoms with Crippen LogP contribution in [0.25, 0.3) is 5.57 Å². The minimum Gasteiger partial charge on any atom is -0.398 e. The molecule has 3 aromatic rings. The van der Waals surface area contributed by atoms with E-state index in [0.717, 1.165) is 112 Å². The first-order valence-electron chi connectivity index (χ1n) is 20.0. The quantitative estimate of drug-likeness (QED) is 0.176. The molecule has 4 aliphatic heterocycles. The van der Waals surface area contributed by atoms with E-state index < -0.39 is 11.7 Å². The highest BCUT2D eigenvalue weighted by Crippen LogP contribution is 2.37. The van der Waals surface area contributed by atoms with E-state index >= 15 is 0 Å². The van der Waals surface area contributed by atoms with Crippen molar-refractivity contribution in [2.45, 2.75) is 63.8 Å². The Morgan fingerprint density at radius 2 is 1.70 bits per heavy atom. The number of anilines is 3. The van der Waals surface area contributed by atoms with Crippen LogP contribution in [0.15, 0.2) is 60.9 Å². The first kappa shape index (κ1) is 40.9. The molecule has 2 fully saturated rings. The van der Waals surface area contributed by atoms with Crippen molar-refractivity contribution < 1.29 is 18.8 Å². The van der Waals surface area contributed by atoms with E-state index in [1.54, 1.807) is 18.7 Å². The lowest BCUT2D eigenvalue weighted by Gasteiger charge is -2.41. The molecule has 1 aromatic heterocycles. The molecule has 3 N–H and O–H groups in total. The van der Waals surface area contributed by atoms with Crippen molar-refractivity contribution in [3.63, 3.8) is 0 Å². The summed E-state index contributed by atoms with van der Waals surface area (Å²) in [5.74, 6) is 1.20. The van der Waals surface area contributed by atoms with Crippen LogP contribution >= 0.6 is 0 Å². The number of carbonyl (C=O) groups excluding carboxylic acids is 3. The van der Waals surface area contributed by atoms with Gasteiger partial charge in [-0.2, -0.15) is 0 Å². The summed E-state index contributed by atoms with van der Waals surface area (Å²) >= 11 is 0. The second-order valence-corrected chi connectivity index (χ2v) is 16.1. The number of amides is 1. The van der Waals surface area contributed by atoms with Gasteiger partial charge in [-0.05, 0) is 95.1 Å². The van der Waals surface area contributed by atoms with Crippen molar-refractivity contribution in [2.24, 2.45) is 5.92 Å².